The Morgan fingerprint density at radius 2 is 1.97 bits per heavy atom. The normalized spacial score (nSPS) is 22.0. The molecule has 2 amide bonds. The maximum atomic E-state index is 15.1. The van der Waals surface area contributed by atoms with E-state index in [0.717, 1.165) is 44.2 Å². The van der Waals surface area contributed by atoms with Crippen molar-refractivity contribution in [3.05, 3.63) is 41.5 Å². The van der Waals surface area contributed by atoms with E-state index in [2.05, 4.69) is 10.5 Å². The van der Waals surface area contributed by atoms with Crippen molar-refractivity contribution in [1.29, 1.82) is 0 Å². The fourth-order valence-electron chi connectivity index (χ4n) is 4.82. The average molecular weight is 465 g/mol. The van der Waals surface area contributed by atoms with Crippen molar-refractivity contribution < 1.29 is 32.1 Å². The summed E-state index contributed by atoms with van der Waals surface area (Å²) in [6.07, 6.45) is 5.62. The van der Waals surface area contributed by atoms with Gasteiger partial charge in [-0.15, -0.1) is 4.39 Å². The summed E-state index contributed by atoms with van der Waals surface area (Å²) in [6.45, 7) is 4.11. The molecule has 0 bridgehead atoms. The van der Waals surface area contributed by atoms with Crippen LogP contribution in [0.2, 0.25) is 0 Å². The lowest BCUT2D eigenvalue weighted by Gasteiger charge is -2.42. The molecule has 1 saturated heterocycles. The van der Waals surface area contributed by atoms with E-state index in [9.17, 15) is 18.4 Å². The fraction of sp³-hybridized carbons (Fsp3) is 0.565. The van der Waals surface area contributed by atoms with E-state index >= 15 is 4.39 Å². The first-order valence-electron chi connectivity index (χ1n) is 11.4. The minimum Gasteiger partial charge on any atom is -0.350 e. The van der Waals surface area contributed by atoms with E-state index in [1.54, 1.807) is 0 Å². The lowest BCUT2D eigenvalue weighted by Crippen LogP contribution is -2.63. The Hall–Kier alpha value is -2.91. The highest BCUT2D eigenvalue weighted by atomic mass is 19.1. The van der Waals surface area contributed by atoms with Crippen LogP contribution in [-0.2, 0) is 4.79 Å². The molecule has 0 radical (unpaired) electrons. The second-order valence-corrected chi connectivity index (χ2v) is 9.32. The average Bonchev–Trinajstić information content (AvgIpc) is 3.16. The number of halogens is 3. The zero-order valence-corrected chi connectivity index (χ0v) is 18.7. The van der Waals surface area contributed by atoms with E-state index in [0.29, 0.717) is 17.2 Å². The highest BCUT2D eigenvalue weighted by Gasteiger charge is 2.45. The van der Waals surface area contributed by atoms with Gasteiger partial charge in [-0.3, -0.25) is 9.59 Å². The van der Waals surface area contributed by atoms with Gasteiger partial charge in [-0.1, -0.05) is 37.7 Å². The molecule has 10 heteroatoms. The molecule has 0 spiro atoms. The molecule has 1 aromatic carbocycles. The molecule has 1 aromatic heterocycles. The summed E-state index contributed by atoms with van der Waals surface area (Å²) in [5, 5.41) is 6.61. The van der Waals surface area contributed by atoms with Gasteiger partial charge in [-0.25, -0.2) is 8.78 Å². The van der Waals surface area contributed by atoms with Crippen LogP contribution in [0.25, 0.3) is 5.69 Å². The fourth-order valence-corrected chi connectivity index (χ4v) is 4.82. The number of nitrogens with zero attached hydrogens (tertiary/aromatic N) is 3. The van der Waals surface area contributed by atoms with Gasteiger partial charge in [0.25, 0.3) is 0 Å². The largest absolute Gasteiger partial charge is 0.381 e. The smallest absolute Gasteiger partial charge is 0.350 e. The quantitative estimate of drug-likeness (QED) is 0.688. The highest BCUT2D eigenvalue weighted by Crippen LogP contribution is 2.30. The summed E-state index contributed by atoms with van der Waals surface area (Å²) in [6, 6.07) is 1.51. The molecule has 2 fully saturated rings. The second kappa shape index (κ2) is 9.52. The van der Waals surface area contributed by atoms with Crippen molar-refractivity contribution in [3.63, 3.8) is 0 Å². The Balaban J connectivity index is 1.64. The first-order valence-corrected chi connectivity index (χ1v) is 11.4. The van der Waals surface area contributed by atoms with Crippen LogP contribution in [0.5, 0.6) is 0 Å². The van der Waals surface area contributed by atoms with Crippen LogP contribution in [0.15, 0.2) is 22.8 Å². The van der Waals surface area contributed by atoms with Crippen molar-refractivity contribution in [2.75, 3.05) is 6.54 Å². The van der Waals surface area contributed by atoms with Crippen molar-refractivity contribution in [2.24, 2.45) is 11.8 Å². The van der Waals surface area contributed by atoms with Crippen LogP contribution in [0.3, 0.4) is 0 Å². The number of hydrogen-bond donors (Lipinski definition) is 1. The Labute approximate surface area is 189 Å². The number of carbonyl (C=O) groups excluding carboxylic acids is 2. The second-order valence-electron chi connectivity index (χ2n) is 9.32. The Bertz CT molecular complexity index is 1040. The topological polar surface area (TPSA) is 79.3 Å². The minimum atomic E-state index is -1.21. The molecule has 1 aliphatic heterocycles. The van der Waals surface area contributed by atoms with Gasteiger partial charge in [-0.05, 0) is 43.2 Å². The monoisotopic (exact) mass is 465 g/mol. The van der Waals surface area contributed by atoms with Gasteiger partial charge in [0.2, 0.25) is 11.6 Å². The SMILES string of the molecule is CC(C)C[C@H]1C(=O)N[C@@H](C2CCCCC2)CN1C(=O)c1no[n+](-c2ccc(F)cc2F)c1F. The third-order valence-corrected chi connectivity index (χ3v) is 6.49. The zero-order valence-electron chi connectivity index (χ0n) is 18.7. The summed E-state index contributed by atoms with van der Waals surface area (Å²) in [4.78, 5) is 27.7. The third kappa shape index (κ3) is 4.74. The maximum Gasteiger partial charge on any atom is 0.381 e. The molecule has 2 aliphatic rings. The van der Waals surface area contributed by atoms with E-state index in [1.165, 1.54) is 4.90 Å². The molecule has 2 heterocycles. The Kier molecular flexibility index (Phi) is 6.71. The van der Waals surface area contributed by atoms with Gasteiger partial charge in [0.1, 0.15) is 11.9 Å². The number of nitrogens with one attached hydrogen (secondary N) is 1. The van der Waals surface area contributed by atoms with Crippen molar-refractivity contribution in [2.45, 2.75) is 64.5 Å². The summed E-state index contributed by atoms with van der Waals surface area (Å²) in [5.41, 5.74) is -1.07. The molecule has 1 aliphatic carbocycles. The van der Waals surface area contributed by atoms with Crippen LogP contribution in [0, 0.1) is 29.4 Å². The summed E-state index contributed by atoms with van der Waals surface area (Å²) < 4.78 is 47.8. The van der Waals surface area contributed by atoms with Gasteiger partial charge in [-0.2, -0.15) is 0 Å². The molecule has 0 unspecified atom stereocenters. The van der Waals surface area contributed by atoms with Crippen molar-refractivity contribution in [3.8, 4) is 5.69 Å². The molecule has 1 saturated carbocycles. The Morgan fingerprint density at radius 3 is 2.64 bits per heavy atom. The van der Waals surface area contributed by atoms with Gasteiger partial charge >= 0.3 is 17.5 Å². The van der Waals surface area contributed by atoms with E-state index in [1.807, 2.05) is 13.8 Å². The summed E-state index contributed by atoms with van der Waals surface area (Å²) in [5.74, 6) is -3.81. The van der Waals surface area contributed by atoms with Gasteiger partial charge in [0, 0.05) is 23.4 Å². The number of carbonyl (C=O) groups is 2. The lowest BCUT2D eigenvalue weighted by atomic mass is 9.82. The Morgan fingerprint density at radius 1 is 1.24 bits per heavy atom. The molecule has 33 heavy (non-hydrogen) atoms. The number of rotatable bonds is 5. The molecule has 4 rings (SSSR count). The molecular weight excluding hydrogens is 437 g/mol. The number of piperazine rings is 1. The van der Waals surface area contributed by atoms with Crippen LogP contribution in [0.4, 0.5) is 13.2 Å². The minimum absolute atomic E-state index is 0.114. The number of hydrogen-bond acceptors (Lipinski definition) is 4. The number of amides is 2. The highest BCUT2D eigenvalue weighted by molar-refractivity contribution is 5.96. The maximum absolute atomic E-state index is 15.1. The summed E-state index contributed by atoms with van der Waals surface area (Å²) >= 11 is 0. The number of aromatic nitrogens is 2. The molecule has 178 valence electrons. The van der Waals surface area contributed by atoms with Crippen molar-refractivity contribution >= 4 is 11.8 Å². The zero-order chi connectivity index (χ0) is 23.7. The van der Waals surface area contributed by atoms with Gasteiger partial charge < -0.3 is 10.2 Å². The number of benzene rings is 1. The van der Waals surface area contributed by atoms with E-state index in [4.69, 9.17) is 4.63 Å². The predicted octanol–water partition coefficient (Wildman–Crippen LogP) is 3.30. The standard InChI is InChI=1S/C23H27F3N4O3/c1-13(2)10-19-22(31)27-17(14-6-4-3-5-7-14)12-29(19)23(32)20-21(26)30(33-28-20)18-9-8-15(24)11-16(18)25/h8-9,11,13-14,17,19H,3-7,10,12H2,1-2H3/p+1/t17-,19+/m1/s1. The van der Waals surface area contributed by atoms with E-state index in [-0.39, 0.29) is 30.3 Å². The molecule has 2 aromatic rings. The third-order valence-electron chi connectivity index (χ3n) is 6.49. The molecule has 7 nitrogen and oxygen atoms in total. The van der Waals surface area contributed by atoms with E-state index < -0.39 is 40.9 Å². The van der Waals surface area contributed by atoms with Crippen LogP contribution < -0.4 is 10.1 Å². The van der Waals surface area contributed by atoms with Gasteiger partial charge in [0.15, 0.2) is 11.0 Å². The summed E-state index contributed by atoms with van der Waals surface area (Å²) in [7, 11) is 0. The first-order chi connectivity index (χ1) is 15.8. The molecule has 1 N–H and O–H groups in total. The predicted molar refractivity (Wildman–Crippen MR) is 111 cm³/mol. The first kappa shape index (κ1) is 23.3. The van der Waals surface area contributed by atoms with Crippen molar-refractivity contribution in [1.82, 2.24) is 15.4 Å². The van der Waals surface area contributed by atoms with Crippen LogP contribution in [-0.4, -0.2) is 40.5 Å². The molecular formula is C23H28F3N4O3+. The van der Waals surface area contributed by atoms with Gasteiger partial charge in [0.05, 0.1) is 0 Å². The van der Waals surface area contributed by atoms with Crippen LogP contribution in [0.1, 0.15) is 62.9 Å². The molecule has 2 atom stereocenters. The lowest BCUT2D eigenvalue weighted by molar-refractivity contribution is -0.816. The van der Waals surface area contributed by atoms with Crippen LogP contribution >= 0.6 is 0 Å².